The highest BCUT2D eigenvalue weighted by atomic mass is 35.5. The third-order valence-electron chi connectivity index (χ3n) is 3.47. The standard InChI is InChI=1S/C15H17N3O2.ClH/c19-15(13-6-1-2-7-17-13)18-12-5-3-4-11(8-12)14-9-16-10-20-14;/h3-5,8-10,13,17H,1-2,6-7H2,(H,18,19);1H/t13-;/m1./s1. The van der Waals surface area contributed by atoms with Crippen LogP contribution in [0.1, 0.15) is 19.3 Å². The molecule has 2 aromatic rings. The lowest BCUT2D eigenvalue weighted by molar-refractivity contribution is -0.118. The van der Waals surface area contributed by atoms with Crippen molar-refractivity contribution in [3.63, 3.8) is 0 Å². The lowest BCUT2D eigenvalue weighted by atomic mass is 10.0. The van der Waals surface area contributed by atoms with E-state index in [4.69, 9.17) is 4.42 Å². The molecule has 0 saturated carbocycles. The molecule has 1 fully saturated rings. The van der Waals surface area contributed by atoms with Gasteiger partial charge in [0.2, 0.25) is 5.91 Å². The fourth-order valence-electron chi connectivity index (χ4n) is 2.41. The molecule has 0 radical (unpaired) electrons. The highest BCUT2D eigenvalue weighted by molar-refractivity contribution is 5.95. The molecule has 0 bridgehead atoms. The van der Waals surface area contributed by atoms with Crippen LogP contribution in [0.25, 0.3) is 11.3 Å². The number of halogens is 1. The van der Waals surface area contributed by atoms with E-state index < -0.39 is 0 Å². The van der Waals surface area contributed by atoms with E-state index in [1.165, 1.54) is 6.39 Å². The van der Waals surface area contributed by atoms with E-state index in [9.17, 15) is 4.79 Å². The predicted molar refractivity (Wildman–Crippen MR) is 83.5 cm³/mol. The average Bonchev–Trinajstić information content (AvgIpc) is 3.03. The molecule has 0 unspecified atom stereocenters. The van der Waals surface area contributed by atoms with Crippen molar-refractivity contribution < 1.29 is 9.21 Å². The molecule has 1 atom stereocenters. The predicted octanol–water partition coefficient (Wildman–Crippen LogP) is 2.84. The first-order valence-corrected chi connectivity index (χ1v) is 6.86. The van der Waals surface area contributed by atoms with Crippen LogP contribution in [0.2, 0.25) is 0 Å². The first-order chi connectivity index (χ1) is 9.83. The van der Waals surface area contributed by atoms with Crippen molar-refractivity contribution in [3.8, 4) is 11.3 Å². The van der Waals surface area contributed by atoms with Gasteiger partial charge in [0.1, 0.15) is 0 Å². The molecular formula is C15H18ClN3O2. The maximum Gasteiger partial charge on any atom is 0.241 e. The lowest BCUT2D eigenvalue weighted by Crippen LogP contribution is -2.43. The minimum absolute atomic E-state index is 0. The second-order valence-electron chi connectivity index (χ2n) is 4.94. The average molecular weight is 308 g/mol. The molecule has 1 saturated heterocycles. The Hall–Kier alpha value is -1.85. The summed E-state index contributed by atoms with van der Waals surface area (Å²) in [6.45, 7) is 0.913. The van der Waals surface area contributed by atoms with Crippen LogP contribution in [0.5, 0.6) is 0 Å². The van der Waals surface area contributed by atoms with E-state index in [0.717, 1.165) is 37.1 Å². The number of rotatable bonds is 3. The summed E-state index contributed by atoms with van der Waals surface area (Å²) < 4.78 is 5.26. The Kier molecular flexibility index (Phi) is 5.36. The van der Waals surface area contributed by atoms with E-state index in [0.29, 0.717) is 5.76 Å². The van der Waals surface area contributed by atoms with E-state index in [1.807, 2.05) is 24.3 Å². The number of nitrogens with zero attached hydrogens (tertiary/aromatic N) is 1. The lowest BCUT2D eigenvalue weighted by Gasteiger charge is -2.22. The van der Waals surface area contributed by atoms with E-state index >= 15 is 0 Å². The molecule has 1 aromatic carbocycles. The maximum absolute atomic E-state index is 12.2. The van der Waals surface area contributed by atoms with Crippen LogP contribution in [0.3, 0.4) is 0 Å². The quantitative estimate of drug-likeness (QED) is 0.915. The Balaban J connectivity index is 0.00000161. The Morgan fingerprint density at radius 1 is 1.38 bits per heavy atom. The largest absolute Gasteiger partial charge is 0.444 e. The van der Waals surface area contributed by atoms with Crippen molar-refractivity contribution in [2.24, 2.45) is 0 Å². The molecule has 3 rings (SSSR count). The summed E-state index contributed by atoms with van der Waals surface area (Å²) >= 11 is 0. The van der Waals surface area contributed by atoms with Crippen LogP contribution >= 0.6 is 12.4 Å². The fraction of sp³-hybridized carbons (Fsp3) is 0.333. The summed E-state index contributed by atoms with van der Waals surface area (Å²) in [5.74, 6) is 0.719. The van der Waals surface area contributed by atoms with Gasteiger partial charge in [0, 0.05) is 11.3 Å². The van der Waals surface area contributed by atoms with Crippen LogP contribution in [-0.2, 0) is 4.79 Å². The third kappa shape index (κ3) is 3.83. The summed E-state index contributed by atoms with van der Waals surface area (Å²) in [6.07, 6.45) is 6.19. The minimum atomic E-state index is -0.0855. The smallest absolute Gasteiger partial charge is 0.241 e. The van der Waals surface area contributed by atoms with Crippen LogP contribution in [0, 0.1) is 0 Å². The van der Waals surface area contributed by atoms with Gasteiger partial charge in [-0.15, -0.1) is 12.4 Å². The summed E-state index contributed by atoms with van der Waals surface area (Å²) in [5.41, 5.74) is 1.67. The molecule has 1 amide bonds. The van der Waals surface area contributed by atoms with Crippen LogP contribution in [-0.4, -0.2) is 23.5 Å². The van der Waals surface area contributed by atoms with Gasteiger partial charge in [-0.3, -0.25) is 4.79 Å². The number of amides is 1. The molecule has 5 nitrogen and oxygen atoms in total. The third-order valence-corrected chi connectivity index (χ3v) is 3.47. The van der Waals surface area contributed by atoms with Crippen molar-refractivity contribution in [1.82, 2.24) is 10.3 Å². The minimum Gasteiger partial charge on any atom is -0.444 e. The molecule has 1 aromatic heterocycles. The first kappa shape index (κ1) is 15.5. The topological polar surface area (TPSA) is 67.2 Å². The molecule has 6 heteroatoms. The van der Waals surface area contributed by atoms with Crippen molar-refractivity contribution in [3.05, 3.63) is 36.9 Å². The number of oxazole rings is 1. The zero-order chi connectivity index (χ0) is 13.8. The number of aromatic nitrogens is 1. The number of benzene rings is 1. The zero-order valence-electron chi connectivity index (χ0n) is 11.5. The molecular weight excluding hydrogens is 290 g/mol. The van der Waals surface area contributed by atoms with Crippen LogP contribution in [0.15, 0.2) is 41.3 Å². The second kappa shape index (κ2) is 7.24. The van der Waals surface area contributed by atoms with E-state index in [2.05, 4.69) is 15.6 Å². The highest BCUT2D eigenvalue weighted by Gasteiger charge is 2.20. The van der Waals surface area contributed by atoms with E-state index in [-0.39, 0.29) is 24.4 Å². The van der Waals surface area contributed by atoms with E-state index in [1.54, 1.807) is 6.20 Å². The van der Waals surface area contributed by atoms with Gasteiger partial charge in [0.15, 0.2) is 12.2 Å². The number of anilines is 1. The number of nitrogens with one attached hydrogen (secondary N) is 2. The van der Waals surface area contributed by atoms with Gasteiger partial charge in [-0.05, 0) is 31.5 Å². The summed E-state index contributed by atoms with van der Waals surface area (Å²) in [4.78, 5) is 16.1. The molecule has 112 valence electrons. The Labute approximate surface area is 129 Å². The van der Waals surface area contributed by atoms with Crippen LogP contribution in [0.4, 0.5) is 5.69 Å². The second-order valence-corrected chi connectivity index (χ2v) is 4.94. The van der Waals surface area contributed by atoms with Crippen molar-refractivity contribution in [1.29, 1.82) is 0 Å². The number of carbonyl (C=O) groups excluding carboxylic acids is 1. The van der Waals surface area contributed by atoms with Gasteiger partial charge in [-0.25, -0.2) is 4.98 Å². The summed E-state index contributed by atoms with van der Waals surface area (Å²) in [7, 11) is 0. The molecule has 1 aliphatic rings. The number of hydrogen-bond acceptors (Lipinski definition) is 4. The van der Waals surface area contributed by atoms with Gasteiger partial charge in [0.05, 0.1) is 12.2 Å². The molecule has 0 spiro atoms. The molecule has 2 heterocycles. The van der Waals surface area contributed by atoms with Gasteiger partial charge >= 0.3 is 0 Å². The van der Waals surface area contributed by atoms with Crippen LogP contribution < -0.4 is 10.6 Å². The molecule has 1 aliphatic heterocycles. The molecule has 0 aliphatic carbocycles. The fourth-order valence-corrected chi connectivity index (χ4v) is 2.41. The highest BCUT2D eigenvalue weighted by Crippen LogP contribution is 2.22. The normalized spacial score (nSPS) is 17.8. The zero-order valence-corrected chi connectivity index (χ0v) is 12.4. The first-order valence-electron chi connectivity index (χ1n) is 6.86. The van der Waals surface area contributed by atoms with Crippen molar-refractivity contribution >= 4 is 24.0 Å². The van der Waals surface area contributed by atoms with Gasteiger partial charge in [0.25, 0.3) is 0 Å². The summed E-state index contributed by atoms with van der Waals surface area (Å²) in [5, 5.41) is 6.19. The number of carbonyl (C=O) groups is 1. The van der Waals surface area contributed by atoms with Gasteiger partial charge in [-0.2, -0.15) is 0 Å². The summed E-state index contributed by atoms with van der Waals surface area (Å²) in [6, 6.07) is 7.50. The Morgan fingerprint density at radius 2 is 2.29 bits per heavy atom. The number of piperidine rings is 1. The molecule has 2 N–H and O–H groups in total. The Bertz CT molecular complexity index is 580. The van der Waals surface area contributed by atoms with Crippen molar-refractivity contribution in [2.75, 3.05) is 11.9 Å². The maximum atomic E-state index is 12.2. The Morgan fingerprint density at radius 3 is 3.00 bits per heavy atom. The van der Waals surface area contributed by atoms with Gasteiger partial charge in [-0.1, -0.05) is 18.6 Å². The monoisotopic (exact) mass is 307 g/mol. The SMILES string of the molecule is Cl.O=C(Nc1cccc(-c2cnco2)c1)[C@H]1CCCCN1. The molecule has 21 heavy (non-hydrogen) atoms. The van der Waals surface area contributed by atoms with Gasteiger partial charge < -0.3 is 15.1 Å². The number of hydrogen-bond donors (Lipinski definition) is 2. The van der Waals surface area contributed by atoms with Crippen molar-refractivity contribution in [2.45, 2.75) is 25.3 Å².